The van der Waals surface area contributed by atoms with Crippen molar-refractivity contribution in [1.29, 1.82) is 0 Å². The second-order valence-corrected chi connectivity index (χ2v) is 4.90. The highest BCUT2D eigenvalue weighted by Gasteiger charge is 2.15. The molecule has 1 aromatic heterocycles. The molecule has 1 aliphatic heterocycles. The molecule has 2 rings (SSSR count). The summed E-state index contributed by atoms with van der Waals surface area (Å²) in [5.41, 5.74) is 0. The van der Waals surface area contributed by atoms with E-state index in [4.69, 9.17) is 4.74 Å². The van der Waals surface area contributed by atoms with Gasteiger partial charge in [-0.3, -0.25) is 0 Å². The predicted octanol–water partition coefficient (Wildman–Crippen LogP) is 2.25. The molecule has 0 saturated carbocycles. The Bertz CT molecular complexity index is 307. The quantitative estimate of drug-likeness (QED) is 0.860. The molecule has 1 N–H and O–H groups in total. The third-order valence-corrected chi connectivity index (χ3v) is 3.17. The lowest BCUT2D eigenvalue weighted by Crippen LogP contribution is -2.27. The van der Waals surface area contributed by atoms with Gasteiger partial charge in [-0.05, 0) is 12.8 Å². The molecule has 0 amide bonds. The van der Waals surface area contributed by atoms with Crippen molar-refractivity contribution in [2.45, 2.75) is 38.6 Å². The Labute approximate surface area is 94.2 Å². The molecule has 0 radical (unpaired) electrons. The van der Waals surface area contributed by atoms with Crippen molar-refractivity contribution < 1.29 is 4.74 Å². The van der Waals surface area contributed by atoms with Crippen LogP contribution < -0.4 is 5.32 Å². The summed E-state index contributed by atoms with van der Waals surface area (Å²) < 4.78 is 9.63. The zero-order valence-electron chi connectivity index (χ0n) is 9.19. The lowest BCUT2D eigenvalue weighted by molar-refractivity contribution is 0.0904. The number of rotatable bonds is 3. The minimum Gasteiger partial charge on any atom is -0.381 e. The molecule has 84 valence electrons. The number of hydrogen-bond acceptors (Lipinski definition) is 5. The maximum Gasteiger partial charge on any atom is 0.202 e. The molecule has 0 aliphatic carbocycles. The van der Waals surface area contributed by atoms with Gasteiger partial charge in [0.25, 0.3) is 0 Å². The van der Waals surface area contributed by atoms with Crippen LogP contribution in [0, 0.1) is 0 Å². The first-order valence-corrected chi connectivity index (χ1v) is 6.21. The smallest absolute Gasteiger partial charge is 0.202 e. The number of nitrogens with one attached hydrogen (secondary N) is 1. The SMILES string of the molecule is CC(C)c1nsc(NC2CCOCC2)n1. The number of aromatic nitrogens is 2. The van der Waals surface area contributed by atoms with E-state index in [2.05, 4.69) is 28.5 Å². The fraction of sp³-hybridized carbons (Fsp3) is 0.800. The van der Waals surface area contributed by atoms with Gasteiger partial charge in [0.1, 0.15) is 5.82 Å². The summed E-state index contributed by atoms with van der Waals surface area (Å²) in [7, 11) is 0. The fourth-order valence-corrected chi connectivity index (χ4v) is 2.33. The van der Waals surface area contributed by atoms with Gasteiger partial charge in [0, 0.05) is 36.7 Å². The van der Waals surface area contributed by atoms with E-state index in [1.165, 1.54) is 11.5 Å². The predicted molar refractivity (Wildman–Crippen MR) is 61.5 cm³/mol. The Balaban J connectivity index is 1.91. The maximum absolute atomic E-state index is 5.31. The first-order valence-electron chi connectivity index (χ1n) is 5.43. The van der Waals surface area contributed by atoms with Crippen LogP contribution in [0.5, 0.6) is 0 Å². The average molecular weight is 227 g/mol. The Morgan fingerprint density at radius 3 is 2.73 bits per heavy atom. The van der Waals surface area contributed by atoms with E-state index in [0.29, 0.717) is 12.0 Å². The minimum atomic E-state index is 0.409. The molecule has 15 heavy (non-hydrogen) atoms. The van der Waals surface area contributed by atoms with Crippen molar-refractivity contribution in [1.82, 2.24) is 9.36 Å². The van der Waals surface area contributed by atoms with E-state index < -0.39 is 0 Å². The molecule has 1 aromatic rings. The van der Waals surface area contributed by atoms with Crippen LogP contribution in [0.3, 0.4) is 0 Å². The number of nitrogens with zero attached hydrogens (tertiary/aromatic N) is 2. The Morgan fingerprint density at radius 1 is 1.40 bits per heavy atom. The molecule has 2 heterocycles. The first-order chi connectivity index (χ1) is 7.25. The Kier molecular flexibility index (Phi) is 3.53. The van der Waals surface area contributed by atoms with Crippen LogP contribution in [-0.2, 0) is 4.74 Å². The van der Waals surface area contributed by atoms with Gasteiger partial charge in [0.15, 0.2) is 0 Å². The summed E-state index contributed by atoms with van der Waals surface area (Å²) in [5.74, 6) is 1.35. The van der Waals surface area contributed by atoms with Gasteiger partial charge < -0.3 is 10.1 Å². The zero-order chi connectivity index (χ0) is 10.7. The van der Waals surface area contributed by atoms with Crippen molar-refractivity contribution in [3.8, 4) is 0 Å². The summed E-state index contributed by atoms with van der Waals surface area (Å²) in [6.07, 6.45) is 2.13. The summed E-state index contributed by atoms with van der Waals surface area (Å²) in [4.78, 5) is 4.46. The summed E-state index contributed by atoms with van der Waals surface area (Å²) in [6, 6.07) is 0.506. The van der Waals surface area contributed by atoms with Crippen LogP contribution in [0.4, 0.5) is 5.13 Å². The standard InChI is InChI=1S/C10H17N3OS/c1-7(2)9-12-10(15-13-9)11-8-3-5-14-6-4-8/h7-8H,3-6H2,1-2H3,(H,11,12,13). The topological polar surface area (TPSA) is 47.0 Å². The third-order valence-electron chi connectivity index (χ3n) is 2.51. The van der Waals surface area contributed by atoms with Crippen molar-refractivity contribution in [3.63, 3.8) is 0 Å². The molecule has 0 unspecified atom stereocenters. The van der Waals surface area contributed by atoms with Crippen molar-refractivity contribution in [2.75, 3.05) is 18.5 Å². The summed E-state index contributed by atoms with van der Waals surface area (Å²) in [6.45, 7) is 5.93. The molecule has 1 aliphatic rings. The number of anilines is 1. The molecule has 4 nitrogen and oxygen atoms in total. The second-order valence-electron chi connectivity index (χ2n) is 4.14. The van der Waals surface area contributed by atoms with Crippen LogP contribution in [-0.4, -0.2) is 28.6 Å². The lowest BCUT2D eigenvalue weighted by atomic mass is 10.1. The molecule has 0 aromatic carbocycles. The first kappa shape index (κ1) is 10.8. The number of ether oxygens (including phenoxy) is 1. The van der Waals surface area contributed by atoms with E-state index in [1.807, 2.05) is 0 Å². The van der Waals surface area contributed by atoms with E-state index >= 15 is 0 Å². The normalized spacial score (nSPS) is 18.3. The molecule has 0 atom stereocenters. The highest BCUT2D eigenvalue weighted by Crippen LogP contribution is 2.20. The van der Waals surface area contributed by atoms with E-state index in [9.17, 15) is 0 Å². The van der Waals surface area contributed by atoms with Crippen LogP contribution in [0.2, 0.25) is 0 Å². The molecular formula is C10H17N3OS. The lowest BCUT2D eigenvalue weighted by Gasteiger charge is -2.22. The van der Waals surface area contributed by atoms with Gasteiger partial charge in [-0.1, -0.05) is 13.8 Å². The molecule has 5 heteroatoms. The van der Waals surface area contributed by atoms with Gasteiger partial charge in [-0.15, -0.1) is 0 Å². The fourth-order valence-electron chi connectivity index (χ4n) is 1.54. The number of hydrogen-bond donors (Lipinski definition) is 1. The highest BCUT2D eigenvalue weighted by molar-refractivity contribution is 7.09. The minimum absolute atomic E-state index is 0.409. The molecule has 1 saturated heterocycles. The van der Waals surface area contributed by atoms with Crippen LogP contribution in [0.1, 0.15) is 38.4 Å². The van der Waals surface area contributed by atoms with Gasteiger partial charge >= 0.3 is 0 Å². The van der Waals surface area contributed by atoms with Crippen LogP contribution in [0.15, 0.2) is 0 Å². The van der Waals surface area contributed by atoms with Crippen LogP contribution >= 0.6 is 11.5 Å². The third kappa shape index (κ3) is 2.89. The largest absolute Gasteiger partial charge is 0.381 e. The second kappa shape index (κ2) is 4.90. The molecule has 0 spiro atoms. The van der Waals surface area contributed by atoms with Gasteiger partial charge in [0.05, 0.1) is 0 Å². The van der Waals surface area contributed by atoms with Crippen LogP contribution in [0.25, 0.3) is 0 Å². The highest BCUT2D eigenvalue weighted by atomic mass is 32.1. The van der Waals surface area contributed by atoms with Gasteiger partial charge in [-0.25, -0.2) is 4.98 Å². The van der Waals surface area contributed by atoms with Crippen molar-refractivity contribution in [2.24, 2.45) is 0 Å². The zero-order valence-corrected chi connectivity index (χ0v) is 10.0. The average Bonchev–Trinajstić information content (AvgIpc) is 2.68. The summed E-state index contributed by atoms with van der Waals surface area (Å²) in [5, 5.41) is 4.37. The molecule has 1 fully saturated rings. The van der Waals surface area contributed by atoms with Gasteiger partial charge in [0.2, 0.25) is 5.13 Å². The Morgan fingerprint density at radius 2 is 2.13 bits per heavy atom. The molecule has 0 bridgehead atoms. The van der Waals surface area contributed by atoms with E-state index in [-0.39, 0.29) is 0 Å². The maximum atomic E-state index is 5.31. The molecular weight excluding hydrogens is 210 g/mol. The van der Waals surface area contributed by atoms with Gasteiger partial charge in [-0.2, -0.15) is 4.37 Å². The Hall–Kier alpha value is -0.680. The monoisotopic (exact) mass is 227 g/mol. The van der Waals surface area contributed by atoms with Crippen molar-refractivity contribution >= 4 is 16.7 Å². The van der Waals surface area contributed by atoms with E-state index in [0.717, 1.165) is 37.0 Å². The summed E-state index contributed by atoms with van der Waals surface area (Å²) >= 11 is 1.46. The van der Waals surface area contributed by atoms with E-state index in [1.54, 1.807) is 0 Å². The van der Waals surface area contributed by atoms with Crippen molar-refractivity contribution in [3.05, 3.63) is 5.82 Å².